The highest BCUT2D eigenvalue weighted by molar-refractivity contribution is 4.86. The monoisotopic (exact) mass is 214 g/mol. The van der Waals surface area contributed by atoms with E-state index in [1.54, 1.807) is 0 Å². The van der Waals surface area contributed by atoms with E-state index < -0.39 is 0 Å². The van der Waals surface area contributed by atoms with Gasteiger partial charge in [-0.1, -0.05) is 0 Å². The van der Waals surface area contributed by atoms with Crippen LogP contribution in [-0.4, -0.2) is 43.8 Å². The number of likely N-dealkylation sites (tertiary alicyclic amines) is 1. The van der Waals surface area contributed by atoms with E-state index in [4.69, 9.17) is 0 Å². The Morgan fingerprint density at radius 2 is 2.20 bits per heavy atom. The Bertz CT molecular complexity index is 180. The van der Waals surface area contributed by atoms with Crippen molar-refractivity contribution < 1.29 is 4.39 Å². The maximum Gasteiger partial charge on any atom is 0.0906 e. The molecule has 2 unspecified atom stereocenters. The molecule has 0 radical (unpaired) electrons. The number of hydrogen-bond acceptors (Lipinski definition) is 2. The van der Waals surface area contributed by atoms with Gasteiger partial charge < -0.3 is 10.2 Å². The third-order valence-corrected chi connectivity index (χ3v) is 3.82. The zero-order valence-corrected chi connectivity index (χ0v) is 9.55. The summed E-state index contributed by atoms with van der Waals surface area (Å²) in [7, 11) is 0. The fraction of sp³-hybridized carbons (Fsp3) is 1.00. The minimum absolute atomic E-state index is 0.164. The summed E-state index contributed by atoms with van der Waals surface area (Å²) in [5.41, 5.74) is 0. The molecule has 2 atom stereocenters. The van der Waals surface area contributed by atoms with E-state index in [9.17, 15) is 4.39 Å². The van der Waals surface area contributed by atoms with Crippen LogP contribution >= 0.6 is 0 Å². The van der Waals surface area contributed by atoms with Crippen LogP contribution in [0.3, 0.4) is 0 Å². The van der Waals surface area contributed by atoms with Gasteiger partial charge in [0.15, 0.2) is 0 Å². The molecule has 0 spiro atoms. The van der Waals surface area contributed by atoms with Crippen LogP contribution in [0.4, 0.5) is 4.39 Å². The molecule has 0 aromatic carbocycles. The molecular weight excluding hydrogens is 191 g/mol. The van der Waals surface area contributed by atoms with Gasteiger partial charge in [-0.15, -0.1) is 0 Å². The van der Waals surface area contributed by atoms with E-state index >= 15 is 0 Å². The molecule has 2 rings (SSSR count). The van der Waals surface area contributed by atoms with Crippen molar-refractivity contribution in [2.24, 2.45) is 5.92 Å². The first kappa shape index (κ1) is 11.3. The molecule has 2 nitrogen and oxygen atoms in total. The summed E-state index contributed by atoms with van der Waals surface area (Å²) in [5.74, 6) is 0.820. The third kappa shape index (κ3) is 3.15. The summed E-state index contributed by atoms with van der Waals surface area (Å²) in [6, 6.07) is 0.748. The van der Waals surface area contributed by atoms with Gasteiger partial charge in [0.2, 0.25) is 0 Å². The van der Waals surface area contributed by atoms with Crippen molar-refractivity contribution in [2.45, 2.75) is 38.1 Å². The Hall–Kier alpha value is -0.150. The number of rotatable bonds is 4. The quantitative estimate of drug-likeness (QED) is 0.768. The molecule has 2 aliphatic rings. The lowest BCUT2D eigenvalue weighted by molar-refractivity contribution is 0.147. The minimum Gasteiger partial charge on any atom is -0.314 e. The predicted molar refractivity (Wildman–Crippen MR) is 60.8 cm³/mol. The smallest absolute Gasteiger partial charge is 0.0906 e. The molecule has 2 fully saturated rings. The summed E-state index contributed by atoms with van der Waals surface area (Å²) < 4.78 is 12.1. The molecular formula is C12H23FN2. The summed E-state index contributed by atoms with van der Waals surface area (Å²) >= 11 is 0. The first-order valence-corrected chi connectivity index (χ1v) is 6.42. The van der Waals surface area contributed by atoms with Crippen molar-refractivity contribution in [3.8, 4) is 0 Å². The maximum absolute atomic E-state index is 12.1. The van der Waals surface area contributed by atoms with Crippen LogP contribution in [0, 0.1) is 5.92 Å². The lowest BCUT2D eigenvalue weighted by atomic mass is 9.90. The van der Waals surface area contributed by atoms with Gasteiger partial charge in [-0.05, 0) is 51.1 Å². The Morgan fingerprint density at radius 1 is 1.27 bits per heavy atom. The Balaban J connectivity index is 1.75. The van der Waals surface area contributed by atoms with E-state index in [2.05, 4.69) is 10.2 Å². The van der Waals surface area contributed by atoms with E-state index in [0.29, 0.717) is 6.42 Å². The molecule has 0 aromatic heterocycles. The fourth-order valence-electron chi connectivity index (χ4n) is 3.02. The minimum atomic E-state index is -0.164. The molecule has 0 aliphatic carbocycles. The molecule has 15 heavy (non-hydrogen) atoms. The lowest BCUT2D eigenvalue weighted by Crippen LogP contribution is -2.43. The number of piperidine rings is 1. The zero-order chi connectivity index (χ0) is 10.5. The van der Waals surface area contributed by atoms with Gasteiger partial charge in [-0.3, -0.25) is 4.39 Å². The van der Waals surface area contributed by atoms with Gasteiger partial charge in [0.05, 0.1) is 6.67 Å². The Morgan fingerprint density at radius 3 is 2.93 bits per heavy atom. The van der Waals surface area contributed by atoms with Gasteiger partial charge >= 0.3 is 0 Å². The van der Waals surface area contributed by atoms with Crippen LogP contribution in [0.2, 0.25) is 0 Å². The van der Waals surface area contributed by atoms with Crippen LogP contribution in [0.25, 0.3) is 0 Å². The number of halogens is 1. The predicted octanol–water partition coefficient (Wildman–Crippen LogP) is 1.81. The fourth-order valence-corrected chi connectivity index (χ4v) is 3.02. The summed E-state index contributed by atoms with van der Waals surface area (Å²) in [6.07, 6.45) is 6.07. The van der Waals surface area contributed by atoms with Crippen LogP contribution in [0.1, 0.15) is 32.1 Å². The van der Waals surface area contributed by atoms with Crippen molar-refractivity contribution in [1.82, 2.24) is 10.2 Å². The Kier molecular flexibility index (Phi) is 4.39. The first-order valence-electron chi connectivity index (χ1n) is 6.42. The maximum atomic E-state index is 12.1. The van der Waals surface area contributed by atoms with Crippen molar-refractivity contribution >= 4 is 0 Å². The molecule has 0 saturated carbocycles. The molecule has 0 bridgehead atoms. The average molecular weight is 214 g/mol. The first-order chi connectivity index (χ1) is 7.40. The van der Waals surface area contributed by atoms with Gasteiger partial charge in [0.1, 0.15) is 0 Å². The SMILES string of the molecule is FCCCN1CCCC(C2CCCN2)C1. The van der Waals surface area contributed by atoms with Crippen LogP contribution in [0.5, 0.6) is 0 Å². The molecule has 2 aliphatic heterocycles. The van der Waals surface area contributed by atoms with Gasteiger partial charge in [-0.25, -0.2) is 0 Å². The molecule has 2 saturated heterocycles. The van der Waals surface area contributed by atoms with E-state index in [-0.39, 0.29) is 6.67 Å². The largest absolute Gasteiger partial charge is 0.314 e. The second kappa shape index (κ2) is 5.80. The van der Waals surface area contributed by atoms with Crippen LogP contribution in [-0.2, 0) is 0 Å². The van der Waals surface area contributed by atoms with Crippen molar-refractivity contribution in [3.05, 3.63) is 0 Å². The number of nitrogens with zero attached hydrogens (tertiary/aromatic N) is 1. The number of nitrogens with one attached hydrogen (secondary N) is 1. The normalized spacial score (nSPS) is 33.4. The number of alkyl halides is 1. The molecule has 2 heterocycles. The second-order valence-corrected chi connectivity index (χ2v) is 4.95. The zero-order valence-electron chi connectivity index (χ0n) is 9.55. The standard InChI is InChI=1S/C12H23FN2/c13-6-3-9-15-8-2-4-11(10-15)12-5-1-7-14-12/h11-12,14H,1-10H2. The van der Waals surface area contributed by atoms with Crippen molar-refractivity contribution in [3.63, 3.8) is 0 Å². The van der Waals surface area contributed by atoms with Crippen molar-refractivity contribution in [2.75, 3.05) is 32.9 Å². The highest BCUT2D eigenvalue weighted by atomic mass is 19.1. The van der Waals surface area contributed by atoms with E-state index in [1.807, 2.05) is 0 Å². The summed E-state index contributed by atoms with van der Waals surface area (Å²) in [6.45, 7) is 4.37. The third-order valence-electron chi connectivity index (χ3n) is 3.82. The highest BCUT2D eigenvalue weighted by Gasteiger charge is 2.28. The molecule has 3 heteroatoms. The lowest BCUT2D eigenvalue weighted by Gasteiger charge is -2.35. The average Bonchev–Trinajstić information content (AvgIpc) is 2.80. The van der Waals surface area contributed by atoms with E-state index in [1.165, 1.54) is 45.3 Å². The van der Waals surface area contributed by atoms with Crippen molar-refractivity contribution in [1.29, 1.82) is 0 Å². The van der Waals surface area contributed by atoms with Crippen LogP contribution in [0.15, 0.2) is 0 Å². The summed E-state index contributed by atoms with van der Waals surface area (Å²) in [4.78, 5) is 2.45. The van der Waals surface area contributed by atoms with E-state index in [0.717, 1.165) is 18.5 Å². The van der Waals surface area contributed by atoms with Crippen LogP contribution < -0.4 is 5.32 Å². The molecule has 0 aromatic rings. The summed E-state index contributed by atoms with van der Waals surface area (Å²) in [5, 5.41) is 3.60. The van der Waals surface area contributed by atoms with Gasteiger partial charge in [0, 0.05) is 19.1 Å². The molecule has 0 amide bonds. The number of hydrogen-bond donors (Lipinski definition) is 1. The molecule has 1 N–H and O–H groups in total. The van der Waals surface area contributed by atoms with Gasteiger partial charge in [-0.2, -0.15) is 0 Å². The second-order valence-electron chi connectivity index (χ2n) is 4.95. The molecule has 88 valence electrons. The van der Waals surface area contributed by atoms with Gasteiger partial charge in [0.25, 0.3) is 0 Å². The topological polar surface area (TPSA) is 15.3 Å². The Labute approximate surface area is 92.2 Å². The highest BCUT2D eigenvalue weighted by Crippen LogP contribution is 2.24.